The summed E-state index contributed by atoms with van der Waals surface area (Å²) in [4.78, 5) is 11.8. The van der Waals surface area contributed by atoms with E-state index in [9.17, 15) is 4.79 Å². The third-order valence-corrected chi connectivity index (χ3v) is 2.74. The Balaban J connectivity index is 2.36. The van der Waals surface area contributed by atoms with Crippen LogP contribution in [0.2, 0.25) is 0 Å². The number of carbonyl (C=O) groups excluding carboxylic acids is 1. The topological polar surface area (TPSA) is 38.3 Å². The lowest BCUT2D eigenvalue weighted by Gasteiger charge is -2.16. The highest BCUT2D eigenvalue weighted by molar-refractivity contribution is 5.82. The summed E-state index contributed by atoms with van der Waals surface area (Å²) >= 11 is 0. The largest absolute Gasteiger partial charge is 0.379 e. The molecular formula is C11H21NO2. The molecule has 0 saturated carbocycles. The standard InChI is InChI=1S/C11H21NO2/c1-3-5-6-11(13)9-7-14-8-10(9)12-4-2/h9-10,12H,3-8H2,1-2H3. The van der Waals surface area contributed by atoms with Crippen molar-refractivity contribution in [2.75, 3.05) is 19.8 Å². The summed E-state index contributed by atoms with van der Waals surface area (Å²) in [6, 6.07) is 0.254. The van der Waals surface area contributed by atoms with E-state index >= 15 is 0 Å². The van der Waals surface area contributed by atoms with Crippen molar-refractivity contribution >= 4 is 5.78 Å². The lowest BCUT2D eigenvalue weighted by atomic mass is 9.95. The molecule has 0 aromatic carbocycles. The lowest BCUT2D eigenvalue weighted by molar-refractivity contribution is -0.123. The van der Waals surface area contributed by atoms with Crippen LogP contribution in [-0.4, -0.2) is 31.6 Å². The molecule has 3 heteroatoms. The minimum atomic E-state index is 0.0986. The molecule has 1 heterocycles. The molecule has 2 atom stereocenters. The number of ketones is 1. The fraction of sp³-hybridized carbons (Fsp3) is 0.909. The summed E-state index contributed by atoms with van der Waals surface area (Å²) in [5, 5.41) is 3.31. The van der Waals surface area contributed by atoms with Crippen molar-refractivity contribution in [2.24, 2.45) is 5.92 Å². The van der Waals surface area contributed by atoms with Crippen molar-refractivity contribution in [3.63, 3.8) is 0 Å². The Labute approximate surface area is 86.2 Å². The van der Waals surface area contributed by atoms with Crippen LogP contribution in [0.3, 0.4) is 0 Å². The van der Waals surface area contributed by atoms with Gasteiger partial charge < -0.3 is 10.1 Å². The second-order valence-electron chi connectivity index (χ2n) is 3.88. The SMILES string of the molecule is CCCCC(=O)C1COCC1NCC. The highest BCUT2D eigenvalue weighted by Gasteiger charge is 2.32. The average molecular weight is 199 g/mol. The molecule has 1 aliphatic rings. The van der Waals surface area contributed by atoms with E-state index in [0.717, 1.165) is 19.4 Å². The van der Waals surface area contributed by atoms with Crippen LogP contribution in [0.25, 0.3) is 0 Å². The molecule has 0 bridgehead atoms. The maximum Gasteiger partial charge on any atom is 0.139 e. The number of carbonyl (C=O) groups is 1. The monoisotopic (exact) mass is 199 g/mol. The number of hydrogen-bond acceptors (Lipinski definition) is 3. The summed E-state index contributed by atoms with van der Waals surface area (Å²) in [6.07, 6.45) is 2.81. The number of rotatable bonds is 6. The van der Waals surface area contributed by atoms with Crippen molar-refractivity contribution < 1.29 is 9.53 Å². The fourth-order valence-corrected chi connectivity index (χ4v) is 1.87. The van der Waals surface area contributed by atoms with E-state index in [1.54, 1.807) is 0 Å². The minimum Gasteiger partial charge on any atom is -0.379 e. The zero-order valence-electron chi connectivity index (χ0n) is 9.21. The number of Topliss-reactive ketones (excluding diaryl/α,β-unsaturated/α-hetero) is 1. The molecule has 1 aliphatic heterocycles. The first-order valence-corrected chi connectivity index (χ1v) is 5.63. The van der Waals surface area contributed by atoms with E-state index in [1.807, 2.05) is 0 Å². The molecule has 82 valence electrons. The van der Waals surface area contributed by atoms with E-state index < -0.39 is 0 Å². The molecule has 0 aromatic heterocycles. The zero-order valence-corrected chi connectivity index (χ0v) is 9.21. The van der Waals surface area contributed by atoms with Crippen LogP contribution in [0.15, 0.2) is 0 Å². The summed E-state index contributed by atoms with van der Waals surface area (Å²) in [5.41, 5.74) is 0. The smallest absolute Gasteiger partial charge is 0.139 e. The average Bonchev–Trinajstić information content (AvgIpc) is 2.63. The highest BCUT2D eigenvalue weighted by Crippen LogP contribution is 2.17. The zero-order chi connectivity index (χ0) is 10.4. The van der Waals surface area contributed by atoms with Gasteiger partial charge in [0.2, 0.25) is 0 Å². The number of hydrogen-bond donors (Lipinski definition) is 1. The first-order valence-electron chi connectivity index (χ1n) is 5.63. The normalized spacial score (nSPS) is 26.7. The van der Waals surface area contributed by atoms with Gasteiger partial charge in [-0.15, -0.1) is 0 Å². The quantitative estimate of drug-likeness (QED) is 0.702. The van der Waals surface area contributed by atoms with Gasteiger partial charge in [0.15, 0.2) is 0 Å². The van der Waals surface area contributed by atoms with Crippen LogP contribution in [0.1, 0.15) is 33.1 Å². The van der Waals surface area contributed by atoms with Gasteiger partial charge in [0, 0.05) is 12.5 Å². The molecule has 0 amide bonds. The van der Waals surface area contributed by atoms with Crippen molar-refractivity contribution in [3.8, 4) is 0 Å². The van der Waals surface area contributed by atoms with Crippen molar-refractivity contribution in [2.45, 2.75) is 39.2 Å². The van der Waals surface area contributed by atoms with E-state index in [-0.39, 0.29) is 12.0 Å². The van der Waals surface area contributed by atoms with Gasteiger partial charge in [-0.05, 0) is 13.0 Å². The van der Waals surface area contributed by atoms with E-state index in [2.05, 4.69) is 19.2 Å². The summed E-state index contributed by atoms with van der Waals surface area (Å²) in [5.74, 6) is 0.469. The Kier molecular flexibility index (Phi) is 5.12. The van der Waals surface area contributed by atoms with Gasteiger partial charge in [-0.3, -0.25) is 4.79 Å². The van der Waals surface area contributed by atoms with E-state index in [1.165, 1.54) is 0 Å². The third-order valence-electron chi connectivity index (χ3n) is 2.74. The van der Waals surface area contributed by atoms with Crippen LogP contribution in [0.5, 0.6) is 0 Å². The van der Waals surface area contributed by atoms with Gasteiger partial charge >= 0.3 is 0 Å². The Bertz CT molecular complexity index is 182. The van der Waals surface area contributed by atoms with Gasteiger partial charge in [0.25, 0.3) is 0 Å². The molecule has 0 aromatic rings. The maximum absolute atomic E-state index is 11.8. The molecule has 2 unspecified atom stereocenters. The van der Waals surface area contributed by atoms with Gasteiger partial charge in [-0.1, -0.05) is 20.3 Å². The second-order valence-corrected chi connectivity index (χ2v) is 3.88. The van der Waals surface area contributed by atoms with Crippen LogP contribution in [0.4, 0.5) is 0 Å². The molecule has 1 saturated heterocycles. The second kappa shape index (κ2) is 6.14. The van der Waals surface area contributed by atoms with E-state index in [0.29, 0.717) is 25.4 Å². The number of likely N-dealkylation sites (N-methyl/N-ethyl adjacent to an activating group) is 1. The predicted octanol–water partition coefficient (Wildman–Crippen LogP) is 1.37. The number of ether oxygens (including phenoxy) is 1. The van der Waals surface area contributed by atoms with Gasteiger partial charge in [-0.25, -0.2) is 0 Å². The van der Waals surface area contributed by atoms with Crippen molar-refractivity contribution in [1.29, 1.82) is 0 Å². The Morgan fingerprint density at radius 3 is 2.86 bits per heavy atom. The van der Waals surface area contributed by atoms with Gasteiger partial charge in [-0.2, -0.15) is 0 Å². The van der Waals surface area contributed by atoms with Gasteiger partial charge in [0.05, 0.1) is 19.1 Å². The highest BCUT2D eigenvalue weighted by atomic mass is 16.5. The Hall–Kier alpha value is -0.410. The van der Waals surface area contributed by atoms with E-state index in [4.69, 9.17) is 4.74 Å². The van der Waals surface area contributed by atoms with Crippen LogP contribution >= 0.6 is 0 Å². The maximum atomic E-state index is 11.8. The summed E-state index contributed by atoms with van der Waals surface area (Å²) in [7, 11) is 0. The molecule has 0 radical (unpaired) electrons. The Morgan fingerprint density at radius 2 is 2.21 bits per heavy atom. The van der Waals surface area contributed by atoms with Crippen LogP contribution < -0.4 is 5.32 Å². The Morgan fingerprint density at radius 1 is 1.43 bits per heavy atom. The molecule has 14 heavy (non-hydrogen) atoms. The number of unbranched alkanes of at least 4 members (excludes halogenated alkanes) is 1. The molecule has 3 nitrogen and oxygen atoms in total. The molecule has 1 N–H and O–H groups in total. The first kappa shape index (κ1) is 11.7. The predicted molar refractivity (Wildman–Crippen MR) is 56.3 cm³/mol. The molecule has 1 fully saturated rings. The summed E-state index contributed by atoms with van der Waals surface area (Å²) < 4.78 is 5.34. The first-order chi connectivity index (χ1) is 6.79. The molecule has 0 spiro atoms. The van der Waals surface area contributed by atoms with Crippen molar-refractivity contribution in [3.05, 3.63) is 0 Å². The molecule has 1 rings (SSSR count). The lowest BCUT2D eigenvalue weighted by Crippen LogP contribution is -2.39. The minimum absolute atomic E-state index is 0.0986. The molecule has 0 aliphatic carbocycles. The van der Waals surface area contributed by atoms with Crippen molar-refractivity contribution in [1.82, 2.24) is 5.32 Å². The summed E-state index contributed by atoms with van der Waals surface area (Å²) in [6.45, 7) is 6.38. The van der Waals surface area contributed by atoms with Crippen LogP contribution in [-0.2, 0) is 9.53 Å². The van der Waals surface area contributed by atoms with Crippen LogP contribution in [0, 0.1) is 5.92 Å². The molecular weight excluding hydrogens is 178 g/mol. The van der Waals surface area contributed by atoms with Gasteiger partial charge in [0.1, 0.15) is 5.78 Å². The fourth-order valence-electron chi connectivity index (χ4n) is 1.87. The third kappa shape index (κ3) is 3.07. The number of nitrogens with one attached hydrogen (secondary N) is 1.